The van der Waals surface area contributed by atoms with Crippen molar-refractivity contribution in [1.82, 2.24) is 4.57 Å². The quantitative estimate of drug-likeness (QED) is 0.482. The van der Waals surface area contributed by atoms with E-state index in [2.05, 4.69) is 21.2 Å². The van der Waals surface area contributed by atoms with Crippen LogP contribution in [-0.2, 0) is 0 Å². The van der Waals surface area contributed by atoms with Crippen LogP contribution in [0.2, 0.25) is 0 Å². The van der Waals surface area contributed by atoms with E-state index in [0.717, 1.165) is 26.6 Å². The minimum absolute atomic E-state index is 0.117. The number of halogens is 1. The van der Waals surface area contributed by atoms with E-state index in [0.29, 0.717) is 5.56 Å². The molecule has 0 fully saturated rings. The molecule has 1 N–H and O–H groups in total. The highest BCUT2D eigenvalue weighted by Gasteiger charge is 2.07. The van der Waals surface area contributed by atoms with Gasteiger partial charge in [-0.15, -0.1) is 0 Å². The summed E-state index contributed by atoms with van der Waals surface area (Å²) in [6, 6.07) is 23.4. The first-order valence-electron chi connectivity index (χ1n) is 7.94. The summed E-state index contributed by atoms with van der Waals surface area (Å²) in [5, 5.41) is 5.16. The van der Waals surface area contributed by atoms with Crippen LogP contribution in [0, 0.1) is 0 Å². The predicted octanol–water partition coefficient (Wildman–Crippen LogP) is 5.65. The monoisotopic (exact) mass is 390 g/mol. The highest BCUT2D eigenvalue weighted by atomic mass is 79.9. The Morgan fingerprint density at radius 1 is 0.880 bits per heavy atom. The zero-order valence-electron chi connectivity index (χ0n) is 13.3. The minimum Gasteiger partial charge on any atom is -0.324 e. The number of amides is 1. The molecule has 0 radical (unpaired) electrons. The lowest BCUT2D eigenvalue weighted by molar-refractivity contribution is 0.102. The second-order valence-electron chi connectivity index (χ2n) is 5.77. The van der Waals surface area contributed by atoms with Crippen LogP contribution in [0.3, 0.4) is 0 Å². The maximum Gasteiger partial charge on any atom is 0.255 e. The van der Waals surface area contributed by atoms with Gasteiger partial charge in [-0.3, -0.25) is 4.79 Å². The average molecular weight is 391 g/mol. The van der Waals surface area contributed by atoms with E-state index >= 15 is 0 Å². The molecule has 3 nitrogen and oxygen atoms in total. The van der Waals surface area contributed by atoms with Gasteiger partial charge < -0.3 is 9.88 Å². The van der Waals surface area contributed by atoms with Crippen molar-refractivity contribution in [3.63, 3.8) is 0 Å². The van der Waals surface area contributed by atoms with Gasteiger partial charge in [0.15, 0.2) is 0 Å². The number of hydrogen-bond acceptors (Lipinski definition) is 1. The van der Waals surface area contributed by atoms with Gasteiger partial charge in [0, 0.05) is 33.8 Å². The zero-order chi connectivity index (χ0) is 17.2. The molecule has 4 heteroatoms. The lowest BCUT2D eigenvalue weighted by atomic mass is 10.1. The number of nitrogens with one attached hydrogen (secondary N) is 1. The van der Waals surface area contributed by atoms with Crippen molar-refractivity contribution in [2.45, 2.75) is 0 Å². The van der Waals surface area contributed by atoms with Gasteiger partial charge in [0.25, 0.3) is 5.91 Å². The van der Waals surface area contributed by atoms with Crippen molar-refractivity contribution in [2.75, 3.05) is 5.32 Å². The number of nitrogens with zero attached hydrogens (tertiary/aromatic N) is 1. The van der Waals surface area contributed by atoms with Crippen LogP contribution in [-0.4, -0.2) is 10.5 Å². The molecule has 1 heterocycles. The van der Waals surface area contributed by atoms with E-state index in [1.165, 1.54) is 0 Å². The molecule has 0 aliphatic heterocycles. The molecule has 1 aromatic heterocycles. The molecule has 0 atom stereocenters. The van der Waals surface area contributed by atoms with E-state index in [1.54, 1.807) is 0 Å². The Bertz CT molecular complexity index is 1040. The topological polar surface area (TPSA) is 34.0 Å². The summed E-state index contributed by atoms with van der Waals surface area (Å²) in [5.41, 5.74) is 2.44. The maximum absolute atomic E-state index is 12.5. The summed E-state index contributed by atoms with van der Waals surface area (Å²) in [6.45, 7) is 0. The molecule has 0 aliphatic carbocycles. The molecule has 0 bridgehead atoms. The van der Waals surface area contributed by atoms with Crippen molar-refractivity contribution >= 4 is 38.3 Å². The summed E-state index contributed by atoms with van der Waals surface area (Å²) in [7, 11) is 0. The highest BCUT2D eigenvalue weighted by molar-refractivity contribution is 9.10. The summed E-state index contributed by atoms with van der Waals surface area (Å²) in [5.74, 6) is -0.117. The van der Waals surface area contributed by atoms with Crippen molar-refractivity contribution in [1.29, 1.82) is 0 Å². The van der Waals surface area contributed by atoms with Crippen molar-refractivity contribution in [3.05, 3.63) is 95.2 Å². The van der Waals surface area contributed by atoms with Crippen LogP contribution >= 0.6 is 15.9 Å². The van der Waals surface area contributed by atoms with Gasteiger partial charge >= 0.3 is 0 Å². The molecule has 122 valence electrons. The zero-order valence-corrected chi connectivity index (χ0v) is 14.9. The first kappa shape index (κ1) is 15.7. The Morgan fingerprint density at radius 2 is 1.64 bits per heavy atom. The van der Waals surface area contributed by atoms with Gasteiger partial charge in [0.1, 0.15) is 0 Å². The Morgan fingerprint density at radius 3 is 2.40 bits per heavy atom. The molecule has 4 aromatic rings. The minimum atomic E-state index is -0.117. The molecule has 1 amide bonds. The molecule has 0 spiro atoms. The number of anilines is 1. The molecule has 25 heavy (non-hydrogen) atoms. The number of rotatable bonds is 3. The lowest BCUT2D eigenvalue weighted by Gasteiger charge is -2.08. The third kappa shape index (κ3) is 3.21. The number of hydrogen-bond donors (Lipinski definition) is 1. The fourth-order valence-corrected chi connectivity index (χ4v) is 3.33. The van der Waals surface area contributed by atoms with E-state index in [4.69, 9.17) is 0 Å². The molecular formula is C21H15BrN2O. The SMILES string of the molecule is O=C(Nc1ccc2c(Br)cccc2c1)c1ccc(-n2cccc2)cc1. The van der Waals surface area contributed by atoms with Crippen LogP contribution in [0.4, 0.5) is 5.69 Å². The normalized spacial score (nSPS) is 10.8. The Hall–Kier alpha value is -2.85. The van der Waals surface area contributed by atoms with Gasteiger partial charge in [0.05, 0.1) is 0 Å². The van der Waals surface area contributed by atoms with Crippen LogP contribution in [0.1, 0.15) is 10.4 Å². The summed E-state index contributed by atoms with van der Waals surface area (Å²) < 4.78 is 3.05. The number of carbonyl (C=O) groups is 1. The number of aromatic nitrogens is 1. The smallest absolute Gasteiger partial charge is 0.255 e. The highest BCUT2D eigenvalue weighted by Crippen LogP contribution is 2.26. The van der Waals surface area contributed by atoms with E-state index < -0.39 is 0 Å². The largest absolute Gasteiger partial charge is 0.324 e. The molecule has 0 saturated heterocycles. The van der Waals surface area contributed by atoms with Gasteiger partial charge in [-0.1, -0.05) is 34.1 Å². The van der Waals surface area contributed by atoms with Crippen molar-refractivity contribution in [2.24, 2.45) is 0 Å². The number of fused-ring (bicyclic) bond motifs is 1. The van der Waals surface area contributed by atoms with Gasteiger partial charge in [-0.05, 0) is 65.4 Å². The fourth-order valence-electron chi connectivity index (χ4n) is 2.82. The molecule has 0 unspecified atom stereocenters. The fraction of sp³-hybridized carbons (Fsp3) is 0. The van der Waals surface area contributed by atoms with Gasteiger partial charge in [0.2, 0.25) is 0 Å². The maximum atomic E-state index is 12.5. The first-order valence-corrected chi connectivity index (χ1v) is 8.73. The van der Waals surface area contributed by atoms with Crippen LogP contribution in [0.25, 0.3) is 16.5 Å². The van der Waals surface area contributed by atoms with E-state index in [1.807, 2.05) is 89.8 Å². The molecule has 0 aliphatic rings. The molecule has 4 rings (SSSR count). The Balaban J connectivity index is 1.55. The first-order chi connectivity index (χ1) is 12.2. The van der Waals surface area contributed by atoms with Crippen molar-refractivity contribution in [3.8, 4) is 5.69 Å². The van der Waals surface area contributed by atoms with Crippen LogP contribution in [0.15, 0.2) is 89.7 Å². The Labute approximate surface area is 154 Å². The summed E-state index contributed by atoms with van der Waals surface area (Å²) >= 11 is 3.54. The number of carbonyl (C=O) groups excluding carboxylic acids is 1. The third-order valence-electron chi connectivity index (χ3n) is 4.12. The predicted molar refractivity (Wildman–Crippen MR) is 105 cm³/mol. The molecular weight excluding hydrogens is 376 g/mol. The van der Waals surface area contributed by atoms with Crippen molar-refractivity contribution < 1.29 is 4.79 Å². The number of benzene rings is 3. The van der Waals surface area contributed by atoms with Crippen LogP contribution < -0.4 is 5.32 Å². The van der Waals surface area contributed by atoms with E-state index in [-0.39, 0.29) is 5.91 Å². The summed E-state index contributed by atoms with van der Waals surface area (Å²) in [6.07, 6.45) is 3.95. The molecule has 3 aromatic carbocycles. The van der Waals surface area contributed by atoms with E-state index in [9.17, 15) is 4.79 Å². The van der Waals surface area contributed by atoms with Gasteiger partial charge in [-0.25, -0.2) is 0 Å². The second kappa shape index (κ2) is 6.57. The van der Waals surface area contributed by atoms with Crippen LogP contribution in [0.5, 0.6) is 0 Å². The lowest BCUT2D eigenvalue weighted by Crippen LogP contribution is -2.11. The average Bonchev–Trinajstić information content (AvgIpc) is 3.17. The standard InChI is InChI=1S/C21H15BrN2O/c22-20-5-3-4-16-14-17(8-11-19(16)20)23-21(25)15-6-9-18(10-7-15)24-12-1-2-13-24/h1-14H,(H,23,25). The second-order valence-corrected chi connectivity index (χ2v) is 6.62. The van der Waals surface area contributed by atoms with Gasteiger partial charge in [-0.2, -0.15) is 0 Å². The summed E-state index contributed by atoms with van der Waals surface area (Å²) in [4.78, 5) is 12.5. The third-order valence-corrected chi connectivity index (χ3v) is 4.81. The Kier molecular flexibility index (Phi) is 4.12. The molecule has 0 saturated carbocycles.